The van der Waals surface area contributed by atoms with E-state index in [1.54, 1.807) is 13.3 Å². The van der Waals surface area contributed by atoms with Crippen LogP contribution in [0.4, 0.5) is 5.82 Å². The molecule has 3 heteroatoms. The maximum Gasteiger partial charge on any atom is 0.125 e. The van der Waals surface area contributed by atoms with Crippen LogP contribution in [0.3, 0.4) is 0 Å². The molecule has 0 fully saturated rings. The summed E-state index contributed by atoms with van der Waals surface area (Å²) in [6.07, 6.45) is 2.80. The first-order valence-corrected chi connectivity index (χ1v) is 8.20. The third-order valence-corrected chi connectivity index (χ3v) is 4.12. The number of benzene rings is 2. The number of rotatable bonds is 7. The van der Waals surface area contributed by atoms with E-state index in [-0.39, 0.29) is 0 Å². The first-order valence-electron chi connectivity index (χ1n) is 8.20. The molecule has 1 unspecified atom stereocenters. The van der Waals surface area contributed by atoms with E-state index in [9.17, 15) is 0 Å². The van der Waals surface area contributed by atoms with E-state index in [4.69, 9.17) is 4.74 Å². The van der Waals surface area contributed by atoms with Crippen LogP contribution in [0, 0.1) is 0 Å². The summed E-state index contributed by atoms with van der Waals surface area (Å²) in [4.78, 5) is 4.32. The predicted molar refractivity (Wildman–Crippen MR) is 98.6 cm³/mol. The smallest absolute Gasteiger partial charge is 0.125 e. The minimum absolute atomic E-state index is 0.341. The highest BCUT2D eigenvalue weighted by molar-refractivity contribution is 5.37. The number of aromatic nitrogens is 1. The highest BCUT2D eigenvalue weighted by Gasteiger charge is 2.14. The van der Waals surface area contributed by atoms with Crippen LogP contribution in [0.2, 0.25) is 0 Å². The highest BCUT2D eigenvalue weighted by atomic mass is 16.5. The lowest BCUT2D eigenvalue weighted by molar-refractivity contribution is 0.414. The topological polar surface area (TPSA) is 34.1 Å². The van der Waals surface area contributed by atoms with Crippen LogP contribution in [0.1, 0.15) is 23.5 Å². The summed E-state index contributed by atoms with van der Waals surface area (Å²) in [7, 11) is 1.69. The Morgan fingerprint density at radius 3 is 2.25 bits per heavy atom. The zero-order valence-corrected chi connectivity index (χ0v) is 13.9. The van der Waals surface area contributed by atoms with Crippen LogP contribution < -0.4 is 10.1 Å². The van der Waals surface area contributed by atoms with E-state index in [2.05, 4.69) is 52.8 Å². The van der Waals surface area contributed by atoms with Crippen LogP contribution in [0.5, 0.6) is 5.75 Å². The molecule has 0 aliphatic heterocycles. The first-order chi connectivity index (χ1) is 11.9. The molecular formula is C21H22N2O. The molecule has 0 radical (unpaired) electrons. The SMILES string of the molecule is COc1ccc(C(CCNc2ccccn2)c2ccccc2)cc1. The molecular weight excluding hydrogens is 296 g/mol. The van der Waals surface area contributed by atoms with E-state index in [0.717, 1.165) is 24.5 Å². The average molecular weight is 318 g/mol. The fourth-order valence-corrected chi connectivity index (χ4v) is 2.86. The van der Waals surface area contributed by atoms with E-state index in [0.29, 0.717) is 5.92 Å². The van der Waals surface area contributed by atoms with Crippen molar-refractivity contribution in [2.45, 2.75) is 12.3 Å². The number of hydrogen-bond donors (Lipinski definition) is 1. The number of nitrogens with zero attached hydrogens (tertiary/aromatic N) is 1. The van der Waals surface area contributed by atoms with Crippen LogP contribution >= 0.6 is 0 Å². The molecule has 24 heavy (non-hydrogen) atoms. The van der Waals surface area contributed by atoms with Crippen molar-refractivity contribution in [2.24, 2.45) is 0 Å². The Balaban J connectivity index is 1.74. The number of nitrogens with one attached hydrogen (secondary N) is 1. The van der Waals surface area contributed by atoms with Gasteiger partial charge in [0, 0.05) is 18.7 Å². The van der Waals surface area contributed by atoms with Gasteiger partial charge in [-0.2, -0.15) is 0 Å². The summed E-state index contributed by atoms with van der Waals surface area (Å²) in [5.74, 6) is 2.14. The van der Waals surface area contributed by atoms with Crippen LogP contribution in [0.15, 0.2) is 79.0 Å². The Morgan fingerprint density at radius 2 is 1.58 bits per heavy atom. The van der Waals surface area contributed by atoms with Gasteiger partial charge in [0.05, 0.1) is 7.11 Å². The van der Waals surface area contributed by atoms with Crippen molar-refractivity contribution >= 4 is 5.82 Å². The Labute approximate surface area is 143 Å². The molecule has 0 aliphatic rings. The van der Waals surface area contributed by atoms with Gasteiger partial charge in [-0.15, -0.1) is 0 Å². The van der Waals surface area contributed by atoms with Gasteiger partial charge in [-0.25, -0.2) is 4.98 Å². The lowest BCUT2D eigenvalue weighted by Crippen LogP contribution is -2.10. The maximum atomic E-state index is 5.27. The summed E-state index contributed by atoms with van der Waals surface area (Å²) in [5.41, 5.74) is 2.62. The van der Waals surface area contributed by atoms with Gasteiger partial charge in [-0.3, -0.25) is 0 Å². The van der Waals surface area contributed by atoms with Crippen molar-refractivity contribution in [3.63, 3.8) is 0 Å². The molecule has 3 aromatic rings. The molecule has 1 heterocycles. The van der Waals surface area contributed by atoms with Gasteiger partial charge in [-0.05, 0) is 41.8 Å². The average Bonchev–Trinajstić information content (AvgIpc) is 2.67. The summed E-state index contributed by atoms with van der Waals surface area (Å²) >= 11 is 0. The lowest BCUT2D eigenvalue weighted by Gasteiger charge is -2.19. The second-order valence-corrected chi connectivity index (χ2v) is 5.67. The summed E-state index contributed by atoms with van der Waals surface area (Å²) in [5, 5.41) is 3.40. The molecule has 0 saturated heterocycles. The second kappa shape index (κ2) is 8.16. The Kier molecular flexibility index (Phi) is 5.46. The Hall–Kier alpha value is -2.81. The maximum absolute atomic E-state index is 5.27. The van der Waals surface area contributed by atoms with E-state index in [1.165, 1.54) is 11.1 Å². The second-order valence-electron chi connectivity index (χ2n) is 5.67. The van der Waals surface area contributed by atoms with Gasteiger partial charge in [0.15, 0.2) is 0 Å². The van der Waals surface area contributed by atoms with Crippen molar-refractivity contribution in [2.75, 3.05) is 19.0 Å². The van der Waals surface area contributed by atoms with Gasteiger partial charge >= 0.3 is 0 Å². The van der Waals surface area contributed by atoms with Gasteiger partial charge in [0.2, 0.25) is 0 Å². The molecule has 0 bridgehead atoms. The quantitative estimate of drug-likeness (QED) is 0.684. The molecule has 1 atom stereocenters. The molecule has 3 rings (SSSR count). The van der Waals surface area contributed by atoms with Crippen molar-refractivity contribution < 1.29 is 4.74 Å². The minimum atomic E-state index is 0.341. The molecule has 0 amide bonds. The summed E-state index contributed by atoms with van der Waals surface area (Å²) < 4.78 is 5.27. The lowest BCUT2D eigenvalue weighted by atomic mass is 9.88. The normalized spacial score (nSPS) is 11.7. The zero-order valence-electron chi connectivity index (χ0n) is 13.9. The molecule has 0 saturated carbocycles. The third kappa shape index (κ3) is 4.13. The number of anilines is 1. The molecule has 122 valence electrons. The van der Waals surface area contributed by atoms with E-state index >= 15 is 0 Å². The minimum Gasteiger partial charge on any atom is -0.497 e. The molecule has 3 nitrogen and oxygen atoms in total. The Morgan fingerprint density at radius 1 is 0.875 bits per heavy atom. The largest absolute Gasteiger partial charge is 0.497 e. The molecule has 1 N–H and O–H groups in total. The zero-order chi connectivity index (χ0) is 16.6. The van der Waals surface area contributed by atoms with Crippen molar-refractivity contribution in [1.29, 1.82) is 0 Å². The first kappa shape index (κ1) is 16.1. The van der Waals surface area contributed by atoms with Gasteiger partial charge in [-0.1, -0.05) is 48.5 Å². The van der Waals surface area contributed by atoms with Gasteiger partial charge < -0.3 is 10.1 Å². The highest BCUT2D eigenvalue weighted by Crippen LogP contribution is 2.29. The van der Waals surface area contributed by atoms with E-state index < -0.39 is 0 Å². The van der Waals surface area contributed by atoms with Gasteiger partial charge in [0.25, 0.3) is 0 Å². The standard InChI is InChI=1S/C21H22N2O/c1-24-19-12-10-18(11-13-19)20(17-7-3-2-4-8-17)14-16-23-21-9-5-6-15-22-21/h2-13,15,20H,14,16H2,1H3,(H,22,23). The molecule has 2 aromatic carbocycles. The fourth-order valence-electron chi connectivity index (χ4n) is 2.86. The number of hydrogen-bond acceptors (Lipinski definition) is 3. The number of methoxy groups -OCH3 is 1. The Bertz CT molecular complexity index is 727. The molecule has 0 aliphatic carbocycles. The number of ether oxygens (including phenoxy) is 1. The van der Waals surface area contributed by atoms with Crippen molar-refractivity contribution in [1.82, 2.24) is 4.98 Å². The van der Waals surface area contributed by atoms with Crippen LogP contribution in [-0.4, -0.2) is 18.6 Å². The van der Waals surface area contributed by atoms with Crippen LogP contribution in [0.25, 0.3) is 0 Å². The van der Waals surface area contributed by atoms with Gasteiger partial charge in [0.1, 0.15) is 11.6 Å². The van der Waals surface area contributed by atoms with Crippen molar-refractivity contribution in [3.05, 3.63) is 90.1 Å². The third-order valence-electron chi connectivity index (χ3n) is 4.12. The molecule has 0 spiro atoms. The monoisotopic (exact) mass is 318 g/mol. The summed E-state index contributed by atoms with van der Waals surface area (Å²) in [6, 6.07) is 24.9. The summed E-state index contributed by atoms with van der Waals surface area (Å²) in [6.45, 7) is 0.864. The predicted octanol–water partition coefficient (Wildman–Crippen LogP) is 4.72. The fraction of sp³-hybridized carbons (Fsp3) is 0.190. The van der Waals surface area contributed by atoms with E-state index in [1.807, 2.05) is 30.3 Å². The van der Waals surface area contributed by atoms with Crippen molar-refractivity contribution in [3.8, 4) is 5.75 Å². The number of pyridine rings is 1. The van der Waals surface area contributed by atoms with Crippen LogP contribution in [-0.2, 0) is 0 Å². The molecule has 1 aromatic heterocycles.